The summed E-state index contributed by atoms with van der Waals surface area (Å²) in [5, 5.41) is 11.0. The molecule has 2 aliphatic rings. The zero-order valence-electron chi connectivity index (χ0n) is 16.8. The first-order valence-electron chi connectivity index (χ1n) is 10.2. The molecule has 7 nitrogen and oxygen atoms in total. The second-order valence-corrected chi connectivity index (χ2v) is 8.22. The summed E-state index contributed by atoms with van der Waals surface area (Å²) < 4.78 is 1.71. The van der Waals surface area contributed by atoms with E-state index in [0.717, 1.165) is 5.56 Å². The number of aromatic nitrogens is 1. The first-order valence-corrected chi connectivity index (χ1v) is 10.2. The Labute approximate surface area is 170 Å². The number of nitrogens with zero attached hydrogens (tertiary/aromatic N) is 3. The van der Waals surface area contributed by atoms with Gasteiger partial charge in [0.15, 0.2) is 0 Å². The van der Waals surface area contributed by atoms with Crippen LogP contribution in [0.4, 0.5) is 0 Å². The van der Waals surface area contributed by atoms with Crippen molar-refractivity contribution >= 4 is 11.8 Å². The standard InChI is InChI=1S/C22H28N4O3/c1-17(14-18-6-3-2-4-7-18)20(27)24-12-9-22(29,10-13-24)15-25-16-23-26-11-5-8-19(26)21(25)28/h2-8,11,17,23,29H,9-10,12-16H2,1H3. The smallest absolute Gasteiger partial charge is 0.273 e. The second kappa shape index (κ2) is 7.91. The predicted molar refractivity (Wildman–Crippen MR) is 110 cm³/mol. The van der Waals surface area contributed by atoms with Gasteiger partial charge in [-0.2, -0.15) is 0 Å². The van der Waals surface area contributed by atoms with Gasteiger partial charge in [0.25, 0.3) is 5.91 Å². The fraction of sp³-hybridized carbons (Fsp3) is 0.455. The van der Waals surface area contributed by atoms with E-state index < -0.39 is 5.60 Å². The summed E-state index contributed by atoms with van der Waals surface area (Å²) in [6, 6.07) is 13.6. The van der Waals surface area contributed by atoms with Gasteiger partial charge in [0.1, 0.15) is 12.4 Å². The molecule has 1 saturated heterocycles. The van der Waals surface area contributed by atoms with Gasteiger partial charge in [0.2, 0.25) is 5.91 Å². The van der Waals surface area contributed by atoms with E-state index in [2.05, 4.69) is 5.43 Å². The molecule has 2 amide bonds. The first kappa shape index (κ1) is 19.5. The largest absolute Gasteiger partial charge is 0.388 e. The normalized spacial score (nSPS) is 19.4. The van der Waals surface area contributed by atoms with Crippen molar-refractivity contribution in [3.63, 3.8) is 0 Å². The third-order valence-electron chi connectivity index (χ3n) is 5.98. The summed E-state index contributed by atoms with van der Waals surface area (Å²) in [4.78, 5) is 28.9. The lowest BCUT2D eigenvalue weighted by atomic mass is 9.89. The Morgan fingerprint density at radius 2 is 1.90 bits per heavy atom. The highest BCUT2D eigenvalue weighted by Crippen LogP contribution is 2.26. The van der Waals surface area contributed by atoms with Gasteiger partial charge in [-0.05, 0) is 37.0 Å². The molecule has 1 aromatic carbocycles. The van der Waals surface area contributed by atoms with Crippen LogP contribution in [0.2, 0.25) is 0 Å². The monoisotopic (exact) mass is 396 g/mol. The molecule has 0 bridgehead atoms. The summed E-state index contributed by atoms with van der Waals surface area (Å²) >= 11 is 0. The molecule has 2 N–H and O–H groups in total. The number of benzene rings is 1. The van der Waals surface area contributed by atoms with Crippen LogP contribution >= 0.6 is 0 Å². The maximum atomic E-state index is 12.8. The number of nitrogens with one attached hydrogen (secondary N) is 1. The molecule has 7 heteroatoms. The molecule has 1 atom stereocenters. The number of β-amino-alcohol motifs (C(OH)–C–C–N with tert-alkyl or cyclic N) is 1. The Morgan fingerprint density at radius 1 is 1.17 bits per heavy atom. The van der Waals surface area contributed by atoms with Crippen LogP contribution < -0.4 is 5.43 Å². The zero-order valence-corrected chi connectivity index (χ0v) is 16.8. The van der Waals surface area contributed by atoms with Crippen molar-refractivity contribution in [1.29, 1.82) is 0 Å². The Kier molecular flexibility index (Phi) is 5.32. The number of amides is 2. The number of fused-ring (bicyclic) bond motifs is 1. The third-order valence-corrected chi connectivity index (χ3v) is 5.98. The average molecular weight is 396 g/mol. The van der Waals surface area contributed by atoms with Crippen molar-refractivity contribution in [2.24, 2.45) is 5.92 Å². The van der Waals surface area contributed by atoms with E-state index in [4.69, 9.17) is 0 Å². The maximum absolute atomic E-state index is 12.8. The van der Waals surface area contributed by atoms with Gasteiger partial charge in [-0.3, -0.25) is 14.3 Å². The van der Waals surface area contributed by atoms with Gasteiger partial charge in [-0.1, -0.05) is 37.3 Å². The van der Waals surface area contributed by atoms with Crippen molar-refractivity contribution in [2.45, 2.75) is 31.8 Å². The Bertz CT molecular complexity index is 871. The van der Waals surface area contributed by atoms with E-state index in [9.17, 15) is 14.7 Å². The number of rotatable bonds is 5. The zero-order chi connectivity index (χ0) is 20.4. The molecule has 0 radical (unpaired) electrons. The van der Waals surface area contributed by atoms with Crippen LogP contribution in [-0.2, 0) is 11.2 Å². The van der Waals surface area contributed by atoms with Gasteiger partial charge in [0, 0.05) is 25.2 Å². The number of carbonyl (C=O) groups is 2. The number of hydrogen-bond acceptors (Lipinski definition) is 4. The Hall–Kier alpha value is -2.80. The van der Waals surface area contributed by atoms with Gasteiger partial charge in [-0.15, -0.1) is 0 Å². The van der Waals surface area contributed by atoms with E-state index in [1.807, 2.05) is 48.2 Å². The SMILES string of the molecule is CC(Cc1ccccc1)C(=O)N1CCC(O)(CN2CNn3cccc3C2=O)CC1. The lowest BCUT2D eigenvalue weighted by molar-refractivity contribution is -0.139. The molecule has 2 aliphatic heterocycles. The molecule has 1 unspecified atom stereocenters. The van der Waals surface area contributed by atoms with Gasteiger partial charge < -0.3 is 20.3 Å². The minimum Gasteiger partial charge on any atom is -0.388 e. The molecule has 1 fully saturated rings. The van der Waals surface area contributed by atoms with E-state index >= 15 is 0 Å². The van der Waals surface area contributed by atoms with Crippen molar-refractivity contribution in [3.8, 4) is 0 Å². The minimum absolute atomic E-state index is 0.0860. The molecule has 0 saturated carbocycles. The van der Waals surface area contributed by atoms with Gasteiger partial charge in [0.05, 0.1) is 12.1 Å². The molecule has 154 valence electrons. The summed E-state index contributed by atoms with van der Waals surface area (Å²) in [6.07, 6.45) is 3.47. The van der Waals surface area contributed by atoms with Crippen LogP contribution in [0.15, 0.2) is 48.7 Å². The summed E-state index contributed by atoms with van der Waals surface area (Å²) in [6.45, 7) is 3.62. The average Bonchev–Trinajstić information content (AvgIpc) is 3.20. The highest BCUT2D eigenvalue weighted by atomic mass is 16.3. The van der Waals surface area contributed by atoms with Gasteiger partial charge >= 0.3 is 0 Å². The number of hydrogen-bond donors (Lipinski definition) is 2. The van der Waals surface area contributed by atoms with Gasteiger partial charge in [-0.25, -0.2) is 0 Å². The predicted octanol–water partition coefficient (Wildman–Crippen LogP) is 1.68. The van der Waals surface area contributed by atoms with Crippen molar-refractivity contribution in [1.82, 2.24) is 14.5 Å². The Morgan fingerprint density at radius 3 is 2.62 bits per heavy atom. The van der Waals surface area contributed by atoms with Crippen LogP contribution in [0.1, 0.15) is 35.8 Å². The summed E-state index contributed by atoms with van der Waals surface area (Å²) in [5.74, 6) is -0.0501. The van der Waals surface area contributed by atoms with E-state index in [0.29, 0.717) is 44.7 Å². The highest BCUT2D eigenvalue weighted by Gasteiger charge is 2.38. The quantitative estimate of drug-likeness (QED) is 0.806. The summed E-state index contributed by atoms with van der Waals surface area (Å²) in [5.41, 5.74) is 3.90. The van der Waals surface area contributed by atoms with Crippen molar-refractivity contribution in [3.05, 3.63) is 59.9 Å². The lowest BCUT2D eigenvalue weighted by Gasteiger charge is -2.42. The number of likely N-dealkylation sites (tertiary alicyclic amines) is 1. The molecule has 4 rings (SSSR count). The third kappa shape index (κ3) is 4.15. The molecule has 0 spiro atoms. The topological polar surface area (TPSA) is 77.8 Å². The summed E-state index contributed by atoms with van der Waals surface area (Å²) in [7, 11) is 0. The molecular formula is C22H28N4O3. The minimum atomic E-state index is -0.967. The fourth-order valence-electron chi connectivity index (χ4n) is 4.24. The molecular weight excluding hydrogens is 368 g/mol. The lowest BCUT2D eigenvalue weighted by Crippen LogP contribution is -2.56. The molecule has 2 aromatic rings. The molecule has 29 heavy (non-hydrogen) atoms. The second-order valence-electron chi connectivity index (χ2n) is 8.22. The van der Waals surface area contributed by atoms with E-state index in [1.54, 1.807) is 21.8 Å². The van der Waals surface area contributed by atoms with Crippen molar-refractivity contribution < 1.29 is 14.7 Å². The van der Waals surface area contributed by atoms with Crippen LogP contribution in [0.5, 0.6) is 0 Å². The van der Waals surface area contributed by atoms with E-state index in [1.165, 1.54) is 0 Å². The number of carbonyl (C=O) groups excluding carboxylic acids is 2. The van der Waals surface area contributed by atoms with Crippen LogP contribution in [0.3, 0.4) is 0 Å². The molecule has 1 aromatic heterocycles. The molecule has 3 heterocycles. The van der Waals surface area contributed by atoms with Crippen LogP contribution in [-0.4, -0.2) is 63.3 Å². The molecule has 0 aliphatic carbocycles. The first-order chi connectivity index (χ1) is 14.0. The van der Waals surface area contributed by atoms with Crippen LogP contribution in [0, 0.1) is 5.92 Å². The van der Waals surface area contributed by atoms with Crippen molar-refractivity contribution in [2.75, 3.05) is 31.7 Å². The van der Waals surface area contributed by atoms with Crippen LogP contribution in [0.25, 0.3) is 0 Å². The Balaban J connectivity index is 1.31. The number of piperidine rings is 1. The van der Waals surface area contributed by atoms with E-state index in [-0.39, 0.29) is 24.3 Å². The fourth-order valence-corrected chi connectivity index (χ4v) is 4.24. The maximum Gasteiger partial charge on any atom is 0.273 e. The highest BCUT2D eigenvalue weighted by molar-refractivity contribution is 5.93. The number of aliphatic hydroxyl groups is 1.